The van der Waals surface area contributed by atoms with Crippen LogP contribution in [0.1, 0.15) is 25.3 Å². The predicted octanol–water partition coefficient (Wildman–Crippen LogP) is 1.59. The number of nitrogens with one attached hydrogen (secondary N) is 1. The first-order valence-corrected chi connectivity index (χ1v) is 6.95. The van der Waals surface area contributed by atoms with E-state index in [1.165, 1.54) is 17.0 Å². The van der Waals surface area contributed by atoms with Crippen molar-refractivity contribution in [2.24, 2.45) is 5.92 Å². The minimum atomic E-state index is -0.932. The molecule has 1 heterocycles. The number of amides is 2. The SMILES string of the molecule is CC1(C2CC2)C(=O)NCC(=O)N1Cc1cc(F)cc(F)c1. The van der Waals surface area contributed by atoms with Crippen molar-refractivity contribution in [1.82, 2.24) is 10.2 Å². The van der Waals surface area contributed by atoms with E-state index < -0.39 is 17.2 Å². The molecule has 3 rings (SSSR count). The molecule has 0 radical (unpaired) electrons. The molecule has 21 heavy (non-hydrogen) atoms. The quantitative estimate of drug-likeness (QED) is 0.920. The third-order valence-electron chi connectivity index (χ3n) is 4.36. The molecule has 2 aliphatic rings. The van der Waals surface area contributed by atoms with E-state index in [2.05, 4.69) is 5.32 Å². The molecule has 1 saturated heterocycles. The zero-order valence-electron chi connectivity index (χ0n) is 11.7. The second kappa shape index (κ2) is 4.79. The van der Waals surface area contributed by atoms with E-state index >= 15 is 0 Å². The summed E-state index contributed by atoms with van der Waals surface area (Å²) in [5.74, 6) is -1.69. The van der Waals surface area contributed by atoms with Gasteiger partial charge in [-0.15, -0.1) is 0 Å². The van der Waals surface area contributed by atoms with Crippen LogP contribution < -0.4 is 5.32 Å². The average Bonchev–Trinajstić information content (AvgIpc) is 3.23. The third kappa shape index (κ3) is 2.39. The lowest BCUT2D eigenvalue weighted by Crippen LogP contribution is -2.66. The number of nitrogens with zero attached hydrogens (tertiary/aromatic N) is 1. The Balaban J connectivity index is 1.93. The second-order valence-electron chi connectivity index (χ2n) is 5.86. The van der Waals surface area contributed by atoms with Crippen LogP contribution in [0.2, 0.25) is 0 Å². The van der Waals surface area contributed by atoms with Crippen LogP contribution in [0.25, 0.3) is 0 Å². The lowest BCUT2D eigenvalue weighted by atomic mass is 9.89. The number of halogens is 2. The summed E-state index contributed by atoms with van der Waals surface area (Å²) in [4.78, 5) is 25.9. The summed E-state index contributed by atoms with van der Waals surface area (Å²) in [5.41, 5.74) is -0.583. The lowest BCUT2D eigenvalue weighted by Gasteiger charge is -2.44. The molecule has 2 fully saturated rings. The fourth-order valence-electron chi connectivity index (χ4n) is 3.00. The van der Waals surface area contributed by atoms with Gasteiger partial charge in [0.1, 0.15) is 17.2 Å². The monoisotopic (exact) mass is 294 g/mol. The molecule has 1 unspecified atom stereocenters. The van der Waals surface area contributed by atoms with Gasteiger partial charge >= 0.3 is 0 Å². The molecule has 4 nitrogen and oxygen atoms in total. The summed E-state index contributed by atoms with van der Waals surface area (Å²) >= 11 is 0. The van der Waals surface area contributed by atoms with Gasteiger partial charge in [0.15, 0.2) is 0 Å². The van der Waals surface area contributed by atoms with E-state index in [1.807, 2.05) is 0 Å². The highest BCUT2D eigenvalue weighted by Gasteiger charge is 2.54. The predicted molar refractivity (Wildman–Crippen MR) is 71.0 cm³/mol. The van der Waals surface area contributed by atoms with Crippen LogP contribution in [0.3, 0.4) is 0 Å². The molecular formula is C15H16F2N2O2. The summed E-state index contributed by atoms with van der Waals surface area (Å²) in [6, 6.07) is 3.17. The molecule has 1 aromatic rings. The standard InChI is InChI=1S/C15H16F2N2O2/c1-15(10-2-3-10)14(21)18-7-13(20)19(15)8-9-4-11(16)6-12(17)5-9/h4-6,10H,2-3,7-8H2,1H3,(H,18,21). The van der Waals surface area contributed by atoms with Gasteiger partial charge < -0.3 is 10.2 Å². The van der Waals surface area contributed by atoms with Crippen LogP contribution in [0, 0.1) is 17.6 Å². The summed E-state index contributed by atoms with van der Waals surface area (Å²) in [5, 5.41) is 2.60. The molecule has 2 amide bonds. The smallest absolute Gasteiger partial charge is 0.246 e. The van der Waals surface area contributed by atoms with Crippen LogP contribution in [-0.2, 0) is 16.1 Å². The summed E-state index contributed by atoms with van der Waals surface area (Å²) in [7, 11) is 0. The first kappa shape index (κ1) is 14.0. The molecule has 0 bridgehead atoms. The van der Waals surface area contributed by atoms with Crippen molar-refractivity contribution in [3.8, 4) is 0 Å². The maximum absolute atomic E-state index is 13.3. The van der Waals surface area contributed by atoms with Crippen molar-refractivity contribution in [3.05, 3.63) is 35.4 Å². The molecule has 112 valence electrons. The zero-order valence-corrected chi connectivity index (χ0v) is 11.7. The maximum Gasteiger partial charge on any atom is 0.246 e. The summed E-state index contributed by atoms with van der Waals surface area (Å²) in [6.07, 6.45) is 1.76. The number of rotatable bonds is 3. The highest BCUT2D eigenvalue weighted by Crippen LogP contribution is 2.44. The van der Waals surface area contributed by atoms with Crippen molar-refractivity contribution < 1.29 is 18.4 Å². The molecule has 6 heteroatoms. The molecule has 0 aromatic heterocycles. The van der Waals surface area contributed by atoms with Gasteiger partial charge in [0.25, 0.3) is 0 Å². The van der Waals surface area contributed by atoms with Gasteiger partial charge in [-0.25, -0.2) is 8.78 Å². The number of benzene rings is 1. The molecule has 1 aliphatic carbocycles. The number of carbonyl (C=O) groups excluding carboxylic acids is 2. The van der Waals surface area contributed by atoms with E-state index in [4.69, 9.17) is 0 Å². The second-order valence-corrected chi connectivity index (χ2v) is 5.86. The van der Waals surface area contributed by atoms with Gasteiger partial charge in [-0.05, 0) is 43.4 Å². The highest BCUT2D eigenvalue weighted by molar-refractivity contribution is 5.98. The number of piperazine rings is 1. The Hall–Kier alpha value is -1.98. The Labute approximate surface area is 121 Å². The number of hydrogen-bond donors (Lipinski definition) is 1. The van der Waals surface area contributed by atoms with E-state index in [1.54, 1.807) is 6.92 Å². The number of hydrogen-bond acceptors (Lipinski definition) is 2. The lowest BCUT2D eigenvalue weighted by molar-refractivity contribution is -0.155. The fourth-order valence-corrected chi connectivity index (χ4v) is 3.00. The first-order valence-electron chi connectivity index (χ1n) is 6.95. The van der Waals surface area contributed by atoms with E-state index in [0.717, 1.165) is 18.9 Å². The van der Waals surface area contributed by atoms with Crippen LogP contribution in [0.4, 0.5) is 8.78 Å². The van der Waals surface area contributed by atoms with E-state index in [0.29, 0.717) is 5.56 Å². The van der Waals surface area contributed by atoms with Crippen molar-refractivity contribution in [2.45, 2.75) is 31.8 Å². The van der Waals surface area contributed by atoms with Crippen molar-refractivity contribution in [1.29, 1.82) is 0 Å². The van der Waals surface area contributed by atoms with Crippen LogP contribution in [0.15, 0.2) is 18.2 Å². The van der Waals surface area contributed by atoms with Gasteiger partial charge in [-0.2, -0.15) is 0 Å². The zero-order chi connectivity index (χ0) is 15.2. The molecule has 1 atom stereocenters. The molecular weight excluding hydrogens is 278 g/mol. The van der Waals surface area contributed by atoms with Crippen molar-refractivity contribution >= 4 is 11.8 Å². The largest absolute Gasteiger partial charge is 0.345 e. The van der Waals surface area contributed by atoms with Gasteiger partial charge in [0.05, 0.1) is 6.54 Å². The summed E-state index contributed by atoms with van der Waals surface area (Å²) in [6.45, 7) is 1.69. The first-order chi connectivity index (χ1) is 9.91. The Morgan fingerprint density at radius 3 is 2.43 bits per heavy atom. The molecule has 1 N–H and O–H groups in total. The summed E-state index contributed by atoms with van der Waals surface area (Å²) < 4.78 is 26.6. The maximum atomic E-state index is 13.3. The van der Waals surface area contributed by atoms with E-state index in [9.17, 15) is 18.4 Å². The Bertz CT molecular complexity index is 595. The van der Waals surface area contributed by atoms with Gasteiger partial charge in [0, 0.05) is 12.6 Å². The third-order valence-corrected chi connectivity index (χ3v) is 4.36. The minimum absolute atomic E-state index is 0.0356. The minimum Gasteiger partial charge on any atom is -0.345 e. The molecule has 1 aromatic carbocycles. The van der Waals surface area contributed by atoms with Gasteiger partial charge in [0.2, 0.25) is 11.8 Å². The average molecular weight is 294 g/mol. The fraction of sp³-hybridized carbons (Fsp3) is 0.467. The topological polar surface area (TPSA) is 49.4 Å². The van der Waals surface area contributed by atoms with Crippen molar-refractivity contribution in [2.75, 3.05) is 6.54 Å². The Morgan fingerprint density at radius 1 is 1.24 bits per heavy atom. The van der Waals surface area contributed by atoms with Gasteiger partial charge in [-0.3, -0.25) is 9.59 Å². The van der Waals surface area contributed by atoms with Crippen LogP contribution in [-0.4, -0.2) is 28.8 Å². The van der Waals surface area contributed by atoms with Crippen LogP contribution >= 0.6 is 0 Å². The highest BCUT2D eigenvalue weighted by atomic mass is 19.1. The molecule has 1 aliphatic heterocycles. The molecule has 0 spiro atoms. The Morgan fingerprint density at radius 2 is 1.86 bits per heavy atom. The normalized spacial score (nSPS) is 26.0. The van der Waals surface area contributed by atoms with Crippen molar-refractivity contribution in [3.63, 3.8) is 0 Å². The van der Waals surface area contributed by atoms with Crippen LogP contribution in [0.5, 0.6) is 0 Å². The van der Waals surface area contributed by atoms with E-state index in [-0.39, 0.29) is 30.8 Å². The Kier molecular flexibility index (Phi) is 3.19. The molecule has 1 saturated carbocycles. The van der Waals surface area contributed by atoms with Gasteiger partial charge in [-0.1, -0.05) is 0 Å². The number of carbonyl (C=O) groups is 2.